The number of aromatic nitrogens is 2. The lowest BCUT2D eigenvalue weighted by Crippen LogP contribution is -2.21. The lowest BCUT2D eigenvalue weighted by molar-refractivity contribution is 0.262. The first-order chi connectivity index (χ1) is 15.1. The van der Waals surface area contributed by atoms with E-state index in [1.807, 2.05) is 68.6 Å². The van der Waals surface area contributed by atoms with E-state index >= 15 is 0 Å². The van der Waals surface area contributed by atoms with Crippen LogP contribution in [0.2, 0.25) is 0 Å². The number of hydrogen-bond acceptors (Lipinski definition) is 4. The van der Waals surface area contributed by atoms with Gasteiger partial charge in [-0.3, -0.25) is 5.32 Å². The summed E-state index contributed by atoms with van der Waals surface area (Å²) in [6.45, 7) is 6.02. The zero-order valence-corrected chi connectivity index (χ0v) is 18.4. The molecule has 2 amide bonds. The molecule has 0 atom stereocenters. The molecule has 2 aromatic heterocycles. The summed E-state index contributed by atoms with van der Waals surface area (Å²) in [5.41, 5.74) is 3.60. The van der Waals surface area contributed by atoms with Crippen molar-refractivity contribution in [2.45, 2.75) is 20.8 Å². The van der Waals surface area contributed by atoms with E-state index in [0.717, 1.165) is 21.8 Å². The zero-order valence-electron chi connectivity index (χ0n) is 17.6. The molecule has 0 spiro atoms. The number of para-hydroxylation sites is 1. The van der Waals surface area contributed by atoms with Gasteiger partial charge in [-0.1, -0.05) is 49.7 Å². The first kappa shape index (κ1) is 21.8. The Bertz CT molecular complexity index is 1190. The van der Waals surface area contributed by atoms with Crippen LogP contribution in [0.3, 0.4) is 0 Å². The van der Waals surface area contributed by atoms with Crippen LogP contribution in [0, 0.1) is 18.3 Å². The normalized spacial score (nSPS) is 9.87. The van der Waals surface area contributed by atoms with Gasteiger partial charge < -0.3 is 5.32 Å². The Morgan fingerprint density at radius 3 is 2.45 bits per heavy atom. The highest BCUT2D eigenvalue weighted by molar-refractivity contribution is 7.13. The van der Waals surface area contributed by atoms with Crippen molar-refractivity contribution in [2.24, 2.45) is 0 Å². The molecule has 6 nitrogen and oxygen atoms in total. The second-order valence-electron chi connectivity index (χ2n) is 6.38. The predicted molar refractivity (Wildman–Crippen MR) is 127 cm³/mol. The van der Waals surface area contributed by atoms with Crippen molar-refractivity contribution in [3.8, 4) is 22.3 Å². The third-order valence-corrected chi connectivity index (χ3v) is 5.19. The number of rotatable bonds is 4. The Hall–Kier alpha value is -3.89. The average molecular weight is 430 g/mol. The van der Waals surface area contributed by atoms with Crippen LogP contribution < -0.4 is 10.6 Å². The summed E-state index contributed by atoms with van der Waals surface area (Å²) >= 11 is 1.58. The number of carbonyl (C=O) groups excluding carboxylic acids is 1. The van der Waals surface area contributed by atoms with Crippen molar-refractivity contribution in [3.63, 3.8) is 0 Å². The van der Waals surface area contributed by atoms with Crippen LogP contribution in [-0.4, -0.2) is 15.8 Å². The summed E-state index contributed by atoms with van der Waals surface area (Å²) in [5.74, 6) is 0.532. The number of thiophene rings is 1. The van der Waals surface area contributed by atoms with Crippen molar-refractivity contribution < 1.29 is 4.79 Å². The molecule has 4 rings (SSSR count). The van der Waals surface area contributed by atoms with Crippen molar-refractivity contribution in [1.82, 2.24) is 9.78 Å². The third kappa shape index (κ3) is 5.18. The van der Waals surface area contributed by atoms with E-state index in [9.17, 15) is 10.1 Å². The molecule has 0 aliphatic heterocycles. The predicted octanol–water partition coefficient (Wildman–Crippen LogP) is 6.45. The molecule has 0 saturated carbocycles. The molecule has 2 aromatic carbocycles. The van der Waals surface area contributed by atoms with Crippen molar-refractivity contribution in [2.75, 3.05) is 10.6 Å². The number of hydrogen-bond donors (Lipinski definition) is 2. The molecule has 4 aromatic rings. The Morgan fingerprint density at radius 1 is 1.03 bits per heavy atom. The Labute approximate surface area is 185 Å². The van der Waals surface area contributed by atoms with Gasteiger partial charge in [0.05, 0.1) is 21.8 Å². The summed E-state index contributed by atoms with van der Waals surface area (Å²) in [7, 11) is 0. The lowest BCUT2D eigenvalue weighted by atomic mass is 10.2. The molecule has 0 aliphatic carbocycles. The number of aryl methyl sites for hydroxylation is 1. The van der Waals surface area contributed by atoms with Gasteiger partial charge in [-0.15, -0.1) is 11.3 Å². The molecule has 0 unspecified atom stereocenters. The summed E-state index contributed by atoms with van der Waals surface area (Å²) in [6.07, 6.45) is 0. The van der Waals surface area contributed by atoms with Crippen molar-refractivity contribution >= 4 is 28.9 Å². The minimum atomic E-state index is -0.446. The number of benzene rings is 2. The van der Waals surface area contributed by atoms with Crippen LogP contribution in [0.15, 0.2) is 72.1 Å². The van der Waals surface area contributed by atoms with Crippen LogP contribution in [0.5, 0.6) is 0 Å². The number of nitriles is 1. The second kappa shape index (κ2) is 10.2. The van der Waals surface area contributed by atoms with Gasteiger partial charge in [0.1, 0.15) is 17.6 Å². The van der Waals surface area contributed by atoms with Crippen LogP contribution in [0.1, 0.15) is 25.0 Å². The maximum atomic E-state index is 12.6. The number of anilines is 2. The number of amides is 2. The summed E-state index contributed by atoms with van der Waals surface area (Å²) in [6, 6.07) is 22.2. The standard InChI is InChI=1S/C22H17N5OS.C2H6/c1-15-8-10-17(11-9-15)27-21(13-19(26-27)20-7-4-12-29-20)25-22(28)24-18-6-3-2-5-16(18)14-23;1-2/h2-13H,1H3,(H2,24,25,28);1-2H3. The first-order valence-electron chi connectivity index (χ1n) is 9.92. The molecule has 0 saturated heterocycles. The van der Waals surface area contributed by atoms with E-state index in [-0.39, 0.29) is 0 Å². The number of nitrogens with zero attached hydrogens (tertiary/aromatic N) is 3. The minimum Gasteiger partial charge on any atom is -0.306 e. The fraction of sp³-hybridized carbons (Fsp3) is 0.125. The summed E-state index contributed by atoms with van der Waals surface area (Å²) in [4.78, 5) is 13.6. The molecule has 0 bridgehead atoms. The molecule has 0 fully saturated rings. The van der Waals surface area contributed by atoms with E-state index in [1.54, 1.807) is 40.3 Å². The van der Waals surface area contributed by atoms with Gasteiger partial charge in [-0.25, -0.2) is 9.48 Å². The molecular formula is C24H23N5OS. The third-order valence-electron chi connectivity index (χ3n) is 4.30. The Morgan fingerprint density at radius 2 is 1.77 bits per heavy atom. The smallest absolute Gasteiger partial charge is 0.306 e. The fourth-order valence-electron chi connectivity index (χ4n) is 2.86. The highest BCUT2D eigenvalue weighted by atomic mass is 32.1. The van der Waals surface area contributed by atoms with E-state index in [0.29, 0.717) is 17.1 Å². The maximum absolute atomic E-state index is 12.6. The van der Waals surface area contributed by atoms with Gasteiger partial charge in [0.15, 0.2) is 0 Å². The van der Waals surface area contributed by atoms with E-state index in [4.69, 9.17) is 0 Å². The van der Waals surface area contributed by atoms with Crippen LogP contribution in [0.25, 0.3) is 16.3 Å². The molecular weight excluding hydrogens is 406 g/mol. The van der Waals surface area contributed by atoms with E-state index in [2.05, 4.69) is 21.8 Å². The van der Waals surface area contributed by atoms with Gasteiger partial charge in [0, 0.05) is 6.07 Å². The highest BCUT2D eigenvalue weighted by Gasteiger charge is 2.15. The van der Waals surface area contributed by atoms with Gasteiger partial charge in [-0.2, -0.15) is 10.4 Å². The zero-order chi connectivity index (χ0) is 22.2. The molecule has 0 radical (unpaired) electrons. The van der Waals surface area contributed by atoms with Crippen molar-refractivity contribution in [1.29, 1.82) is 5.26 Å². The summed E-state index contributed by atoms with van der Waals surface area (Å²) < 4.78 is 1.70. The van der Waals surface area contributed by atoms with Gasteiger partial charge in [-0.05, 0) is 42.6 Å². The van der Waals surface area contributed by atoms with Gasteiger partial charge >= 0.3 is 6.03 Å². The Balaban J connectivity index is 0.00000132. The molecule has 2 heterocycles. The Kier molecular flexibility index (Phi) is 7.20. The molecule has 2 N–H and O–H groups in total. The second-order valence-corrected chi connectivity index (χ2v) is 7.32. The van der Waals surface area contributed by atoms with E-state index < -0.39 is 6.03 Å². The van der Waals surface area contributed by atoms with Gasteiger partial charge in [0.2, 0.25) is 0 Å². The monoisotopic (exact) mass is 429 g/mol. The number of carbonyl (C=O) groups is 1. The quantitative estimate of drug-likeness (QED) is 0.391. The maximum Gasteiger partial charge on any atom is 0.324 e. The minimum absolute atomic E-state index is 0.397. The molecule has 0 aliphatic rings. The molecule has 156 valence electrons. The SMILES string of the molecule is CC.Cc1ccc(-n2nc(-c3cccs3)cc2NC(=O)Nc2ccccc2C#N)cc1. The first-order valence-corrected chi connectivity index (χ1v) is 10.8. The van der Waals surface area contributed by atoms with E-state index in [1.165, 1.54) is 0 Å². The average Bonchev–Trinajstić information content (AvgIpc) is 3.46. The van der Waals surface area contributed by atoms with Crippen molar-refractivity contribution in [3.05, 3.63) is 83.2 Å². The van der Waals surface area contributed by atoms with Crippen LogP contribution in [0.4, 0.5) is 16.3 Å². The lowest BCUT2D eigenvalue weighted by Gasteiger charge is -2.11. The molecule has 7 heteroatoms. The largest absolute Gasteiger partial charge is 0.324 e. The topological polar surface area (TPSA) is 82.7 Å². The fourth-order valence-corrected chi connectivity index (χ4v) is 3.54. The number of urea groups is 1. The summed E-state index contributed by atoms with van der Waals surface area (Å²) in [5, 5.41) is 21.5. The van der Waals surface area contributed by atoms with Crippen LogP contribution in [-0.2, 0) is 0 Å². The molecule has 31 heavy (non-hydrogen) atoms. The number of nitrogens with one attached hydrogen (secondary N) is 2. The highest BCUT2D eigenvalue weighted by Crippen LogP contribution is 2.28. The van der Waals surface area contributed by atoms with Crippen LogP contribution >= 0.6 is 11.3 Å². The van der Waals surface area contributed by atoms with Gasteiger partial charge in [0.25, 0.3) is 0 Å².